The van der Waals surface area contributed by atoms with Crippen molar-refractivity contribution in [2.24, 2.45) is 5.41 Å². The van der Waals surface area contributed by atoms with Crippen LogP contribution in [0.4, 0.5) is 0 Å². The number of aromatic nitrogens is 3. The van der Waals surface area contributed by atoms with Crippen molar-refractivity contribution in [3.63, 3.8) is 0 Å². The highest BCUT2D eigenvalue weighted by Crippen LogP contribution is 2.28. The quantitative estimate of drug-likeness (QED) is 0.598. The van der Waals surface area contributed by atoms with Gasteiger partial charge in [-0.15, -0.1) is 0 Å². The van der Waals surface area contributed by atoms with Crippen LogP contribution in [0.5, 0.6) is 11.6 Å². The SMILES string of the molecule is Cc1[nH]nc2cccc(OC[C@@H](O)CCC(C)(C)COc3ccccn3)c12. The van der Waals surface area contributed by atoms with Gasteiger partial charge in [0.2, 0.25) is 5.88 Å². The fourth-order valence-corrected chi connectivity index (χ4v) is 2.91. The molecule has 0 aliphatic rings. The Labute approximate surface area is 159 Å². The summed E-state index contributed by atoms with van der Waals surface area (Å²) in [5.74, 6) is 1.37. The molecule has 0 spiro atoms. The number of rotatable bonds is 9. The van der Waals surface area contributed by atoms with E-state index in [4.69, 9.17) is 9.47 Å². The number of pyridine rings is 1. The maximum atomic E-state index is 10.3. The van der Waals surface area contributed by atoms with Gasteiger partial charge in [-0.25, -0.2) is 4.98 Å². The van der Waals surface area contributed by atoms with E-state index in [-0.39, 0.29) is 12.0 Å². The monoisotopic (exact) mass is 369 g/mol. The topological polar surface area (TPSA) is 80.3 Å². The molecule has 2 aromatic heterocycles. The number of benzene rings is 1. The summed E-state index contributed by atoms with van der Waals surface area (Å²) in [6.45, 7) is 7.01. The molecule has 0 bridgehead atoms. The van der Waals surface area contributed by atoms with E-state index >= 15 is 0 Å². The van der Waals surface area contributed by atoms with Crippen LogP contribution in [0, 0.1) is 12.3 Å². The lowest BCUT2D eigenvalue weighted by Crippen LogP contribution is -2.26. The molecular weight excluding hydrogens is 342 g/mol. The number of hydrogen-bond donors (Lipinski definition) is 2. The predicted molar refractivity (Wildman–Crippen MR) is 105 cm³/mol. The maximum Gasteiger partial charge on any atom is 0.213 e. The van der Waals surface area contributed by atoms with Crippen LogP contribution < -0.4 is 9.47 Å². The molecule has 0 aliphatic heterocycles. The van der Waals surface area contributed by atoms with Gasteiger partial charge >= 0.3 is 0 Å². The average molecular weight is 369 g/mol. The summed E-state index contributed by atoms with van der Waals surface area (Å²) in [5.41, 5.74) is 1.76. The molecule has 144 valence electrons. The maximum absolute atomic E-state index is 10.3. The van der Waals surface area contributed by atoms with Gasteiger partial charge < -0.3 is 14.6 Å². The number of nitrogens with one attached hydrogen (secondary N) is 1. The number of aliphatic hydroxyl groups is 1. The minimum absolute atomic E-state index is 0.0698. The first-order valence-electron chi connectivity index (χ1n) is 9.23. The second-order valence-electron chi connectivity index (χ2n) is 7.62. The van der Waals surface area contributed by atoms with Crippen molar-refractivity contribution < 1.29 is 14.6 Å². The van der Waals surface area contributed by atoms with E-state index in [0.29, 0.717) is 18.9 Å². The summed E-state index contributed by atoms with van der Waals surface area (Å²) in [6, 6.07) is 11.4. The molecule has 2 heterocycles. The number of hydrogen-bond acceptors (Lipinski definition) is 5. The second kappa shape index (κ2) is 8.39. The largest absolute Gasteiger partial charge is 0.490 e. The Morgan fingerprint density at radius 1 is 1.15 bits per heavy atom. The highest BCUT2D eigenvalue weighted by molar-refractivity contribution is 5.87. The van der Waals surface area contributed by atoms with Crippen LogP contribution in [0.1, 0.15) is 32.4 Å². The highest BCUT2D eigenvalue weighted by Gasteiger charge is 2.21. The molecule has 3 aromatic rings. The van der Waals surface area contributed by atoms with Gasteiger partial charge in [0.15, 0.2) is 0 Å². The summed E-state index contributed by atoms with van der Waals surface area (Å²) >= 11 is 0. The summed E-state index contributed by atoms with van der Waals surface area (Å²) < 4.78 is 11.6. The molecule has 0 saturated carbocycles. The van der Waals surface area contributed by atoms with E-state index in [1.807, 2.05) is 43.3 Å². The third-order valence-electron chi connectivity index (χ3n) is 4.56. The minimum Gasteiger partial charge on any atom is -0.490 e. The second-order valence-corrected chi connectivity index (χ2v) is 7.62. The Balaban J connectivity index is 1.47. The Bertz CT molecular complexity index is 861. The van der Waals surface area contributed by atoms with Crippen molar-refractivity contribution in [2.75, 3.05) is 13.2 Å². The van der Waals surface area contributed by atoms with Crippen molar-refractivity contribution in [2.45, 2.75) is 39.7 Å². The van der Waals surface area contributed by atoms with Crippen LogP contribution in [-0.2, 0) is 0 Å². The molecular formula is C21H27N3O3. The first-order valence-corrected chi connectivity index (χ1v) is 9.23. The fraction of sp³-hybridized carbons (Fsp3) is 0.429. The van der Waals surface area contributed by atoms with Gasteiger partial charge in [0.25, 0.3) is 0 Å². The van der Waals surface area contributed by atoms with Crippen molar-refractivity contribution >= 4 is 10.9 Å². The summed E-state index contributed by atoms with van der Waals surface area (Å²) in [7, 11) is 0. The minimum atomic E-state index is -0.540. The van der Waals surface area contributed by atoms with E-state index < -0.39 is 6.10 Å². The third kappa shape index (κ3) is 5.20. The molecule has 0 saturated heterocycles. The molecule has 0 radical (unpaired) electrons. The van der Waals surface area contributed by atoms with Crippen molar-refractivity contribution in [3.05, 3.63) is 48.3 Å². The Morgan fingerprint density at radius 3 is 2.78 bits per heavy atom. The van der Waals surface area contributed by atoms with Gasteiger partial charge in [0.05, 0.1) is 23.6 Å². The molecule has 1 aromatic carbocycles. The van der Waals surface area contributed by atoms with Crippen LogP contribution in [0.25, 0.3) is 10.9 Å². The Kier molecular flexibility index (Phi) is 5.96. The van der Waals surface area contributed by atoms with Crippen LogP contribution in [0.3, 0.4) is 0 Å². The van der Waals surface area contributed by atoms with E-state index in [9.17, 15) is 5.11 Å². The number of H-pyrrole nitrogens is 1. The van der Waals surface area contributed by atoms with Gasteiger partial charge in [0.1, 0.15) is 12.4 Å². The van der Waals surface area contributed by atoms with Gasteiger partial charge in [-0.1, -0.05) is 26.0 Å². The Morgan fingerprint density at radius 2 is 2.00 bits per heavy atom. The zero-order valence-corrected chi connectivity index (χ0v) is 16.1. The van der Waals surface area contributed by atoms with Gasteiger partial charge in [-0.3, -0.25) is 5.10 Å². The van der Waals surface area contributed by atoms with Crippen molar-refractivity contribution in [3.8, 4) is 11.6 Å². The number of nitrogens with zero attached hydrogens (tertiary/aromatic N) is 2. The standard InChI is InChI=1S/C21H27N3O3/c1-15-20-17(24-23-15)7-6-8-18(20)26-13-16(25)10-11-21(2,3)14-27-19-9-4-5-12-22-19/h4-9,12,16,25H,10-11,13-14H2,1-3H3,(H,23,24)/t16-/m0/s1. The average Bonchev–Trinajstić information content (AvgIpc) is 3.06. The summed E-state index contributed by atoms with van der Waals surface area (Å²) in [4.78, 5) is 4.17. The molecule has 0 aliphatic carbocycles. The molecule has 6 heteroatoms. The Hall–Kier alpha value is -2.60. The molecule has 6 nitrogen and oxygen atoms in total. The number of aliphatic hydroxyl groups excluding tert-OH is 1. The van der Waals surface area contributed by atoms with E-state index in [1.54, 1.807) is 6.20 Å². The molecule has 0 amide bonds. The lowest BCUT2D eigenvalue weighted by atomic mass is 9.88. The fourth-order valence-electron chi connectivity index (χ4n) is 2.91. The molecule has 1 atom stereocenters. The summed E-state index contributed by atoms with van der Waals surface area (Å²) in [5, 5.41) is 18.5. The molecule has 0 unspecified atom stereocenters. The summed E-state index contributed by atoms with van der Waals surface area (Å²) in [6.07, 6.45) is 2.63. The number of ether oxygens (including phenoxy) is 2. The first kappa shape index (κ1) is 19.2. The van der Waals surface area contributed by atoms with Crippen molar-refractivity contribution in [1.82, 2.24) is 15.2 Å². The zero-order valence-electron chi connectivity index (χ0n) is 16.1. The van der Waals surface area contributed by atoms with Crippen LogP contribution in [0.2, 0.25) is 0 Å². The number of fused-ring (bicyclic) bond motifs is 1. The molecule has 3 rings (SSSR count). The highest BCUT2D eigenvalue weighted by atomic mass is 16.5. The first-order chi connectivity index (χ1) is 12.9. The smallest absolute Gasteiger partial charge is 0.213 e. The van der Waals surface area contributed by atoms with E-state index in [2.05, 4.69) is 29.0 Å². The van der Waals surface area contributed by atoms with E-state index in [0.717, 1.165) is 28.8 Å². The predicted octanol–water partition coefficient (Wildman–Crippen LogP) is 3.89. The zero-order chi connectivity index (χ0) is 19.3. The number of aromatic amines is 1. The van der Waals surface area contributed by atoms with Crippen LogP contribution in [0.15, 0.2) is 42.6 Å². The normalized spacial score (nSPS) is 12.9. The van der Waals surface area contributed by atoms with Gasteiger partial charge in [-0.2, -0.15) is 5.10 Å². The van der Waals surface area contributed by atoms with E-state index in [1.165, 1.54) is 0 Å². The number of aryl methyl sites for hydroxylation is 1. The third-order valence-corrected chi connectivity index (χ3v) is 4.56. The van der Waals surface area contributed by atoms with Crippen LogP contribution >= 0.6 is 0 Å². The van der Waals surface area contributed by atoms with Gasteiger partial charge in [-0.05, 0) is 43.4 Å². The molecule has 0 fully saturated rings. The molecule has 2 N–H and O–H groups in total. The lowest BCUT2D eigenvalue weighted by molar-refractivity contribution is 0.0772. The lowest BCUT2D eigenvalue weighted by Gasteiger charge is -2.25. The van der Waals surface area contributed by atoms with Crippen molar-refractivity contribution in [1.29, 1.82) is 0 Å². The van der Waals surface area contributed by atoms with Crippen LogP contribution in [-0.4, -0.2) is 39.6 Å². The molecule has 27 heavy (non-hydrogen) atoms. The van der Waals surface area contributed by atoms with Gasteiger partial charge in [0, 0.05) is 18.0 Å².